The zero-order chi connectivity index (χ0) is 20.2. The standard InChI is InChI=1S/C22H28N4O3/c1-14(22-10-15-7-16(11-22)9-17(8-15)12-22)23-19(27)13-25-20(28)24-26(21(25)29)18-5-3-2-4-6-18/h2-6,14-17H,7-13H2,1H3,(H,23,27)(H,24,28)/t14-,15?,16?,17?,22?/m0/s1. The van der Waals surface area contributed by atoms with E-state index >= 15 is 0 Å². The molecule has 4 fully saturated rings. The van der Waals surface area contributed by atoms with Gasteiger partial charge in [-0.1, -0.05) is 18.2 Å². The highest BCUT2D eigenvalue weighted by Crippen LogP contribution is 2.61. The number of aromatic nitrogens is 3. The van der Waals surface area contributed by atoms with Crippen molar-refractivity contribution < 1.29 is 4.79 Å². The second-order valence-electron chi connectivity index (χ2n) is 9.53. The maximum atomic E-state index is 12.7. The van der Waals surface area contributed by atoms with Crippen molar-refractivity contribution in [3.05, 3.63) is 51.3 Å². The third-order valence-corrected chi connectivity index (χ3v) is 7.57. The van der Waals surface area contributed by atoms with Gasteiger partial charge in [0, 0.05) is 6.04 Å². The van der Waals surface area contributed by atoms with Crippen LogP contribution in [-0.2, 0) is 11.3 Å². The van der Waals surface area contributed by atoms with E-state index < -0.39 is 11.4 Å². The van der Waals surface area contributed by atoms with E-state index in [0.29, 0.717) is 5.69 Å². The number of para-hydroxylation sites is 1. The summed E-state index contributed by atoms with van der Waals surface area (Å²) in [5, 5.41) is 5.66. The number of aromatic amines is 1. The molecule has 0 unspecified atom stereocenters. The highest BCUT2D eigenvalue weighted by Gasteiger charge is 2.53. The van der Waals surface area contributed by atoms with Crippen LogP contribution >= 0.6 is 0 Å². The van der Waals surface area contributed by atoms with E-state index in [2.05, 4.69) is 17.3 Å². The topological polar surface area (TPSA) is 88.9 Å². The monoisotopic (exact) mass is 396 g/mol. The minimum atomic E-state index is -0.573. The highest BCUT2D eigenvalue weighted by molar-refractivity contribution is 5.76. The summed E-state index contributed by atoms with van der Waals surface area (Å²) in [6, 6.07) is 8.94. The molecule has 0 saturated heterocycles. The fourth-order valence-corrected chi connectivity index (χ4v) is 6.59. The van der Waals surface area contributed by atoms with Crippen LogP contribution in [0.25, 0.3) is 5.69 Å². The number of hydrogen-bond acceptors (Lipinski definition) is 3. The van der Waals surface area contributed by atoms with Crippen LogP contribution < -0.4 is 16.7 Å². The molecule has 1 amide bonds. The summed E-state index contributed by atoms with van der Waals surface area (Å²) in [6.07, 6.45) is 7.68. The fourth-order valence-electron chi connectivity index (χ4n) is 6.59. The normalized spacial score (nSPS) is 31.0. The largest absolute Gasteiger partial charge is 0.352 e. The summed E-state index contributed by atoms with van der Waals surface area (Å²) in [4.78, 5) is 37.7. The first-order chi connectivity index (χ1) is 13.9. The Morgan fingerprint density at radius 3 is 2.28 bits per heavy atom. The molecule has 4 aliphatic carbocycles. The molecule has 1 heterocycles. The molecule has 2 N–H and O–H groups in total. The van der Waals surface area contributed by atoms with Gasteiger partial charge in [0.15, 0.2) is 0 Å². The van der Waals surface area contributed by atoms with Gasteiger partial charge in [-0.25, -0.2) is 23.9 Å². The Kier molecular flexibility index (Phi) is 4.29. The summed E-state index contributed by atoms with van der Waals surface area (Å²) >= 11 is 0. The molecule has 0 aliphatic heterocycles. The molecule has 4 aliphatic rings. The molecular formula is C22H28N4O3. The average molecular weight is 396 g/mol. The van der Waals surface area contributed by atoms with Crippen LogP contribution in [0.15, 0.2) is 39.9 Å². The molecule has 7 nitrogen and oxygen atoms in total. The number of carbonyl (C=O) groups excluding carboxylic acids is 1. The van der Waals surface area contributed by atoms with Crippen molar-refractivity contribution in [2.75, 3.05) is 0 Å². The Labute approximate surface area is 169 Å². The Morgan fingerprint density at radius 2 is 1.69 bits per heavy atom. The smallest absolute Gasteiger partial charge is 0.352 e. The van der Waals surface area contributed by atoms with Crippen molar-refractivity contribution in [1.29, 1.82) is 0 Å². The number of nitrogens with one attached hydrogen (secondary N) is 2. The lowest BCUT2D eigenvalue weighted by Gasteiger charge is -2.59. The van der Waals surface area contributed by atoms with Gasteiger partial charge in [-0.3, -0.25) is 4.79 Å². The van der Waals surface area contributed by atoms with Crippen LogP contribution in [0.3, 0.4) is 0 Å². The number of nitrogens with zero attached hydrogens (tertiary/aromatic N) is 2. The quantitative estimate of drug-likeness (QED) is 0.811. The minimum Gasteiger partial charge on any atom is -0.352 e. The van der Waals surface area contributed by atoms with Crippen molar-refractivity contribution in [2.24, 2.45) is 23.2 Å². The minimum absolute atomic E-state index is 0.0643. The van der Waals surface area contributed by atoms with Crippen LogP contribution in [0.4, 0.5) is 0 Å². The lowest BCUT2D eigenvalue weighted by molar-refractivity contribution is -0.126. The van der Waals surface area contributed by atoms with Crippen molar-refractivity contribution in [3.63, 3.8) is 0 Å². The van der Waals surface area contributed by atoms with Gasteiger partial charge in [0.25, 0.3) is 0 Å². The first kappa shape index (κ1) is 18.5. The summed E-state index contributed by atoms with van der Waals surface area (Å²) in [6.45, 7) is 1.85. The van der Waals surface area contributed by atoms with E-state index in [0.717, 1.165) is 22.3 Å². The molecular weight excluding hydrogens is 368 g/mol. The van der Waals surface area contributed by atoms with E-state index in [-0.39, 0.29) is 23.9 Å². The first-order valence-electron chi connectivity index (χ1n) is 10.7. The zero-order valence-corrected chi connectivity index (χ0v) is 16.8. The van der Waals surface area contributed by atoms with Crippen LogP contribution in [0, 0.1) is 23.2 Å². The maximum Gasteiger partial charge on any atom is 0.352 e. The third kappa shape index (κ3) is 3.16. The van der Waals surface area contributed by atoms with Gasteiger partial charge in [0.2, 0.25) is 5.91 Å². The number of carbonyl (C=O) groups is 1. The molecule has 1 aromatic carbocycles. The molecule has 7 heteroatoms. The molecule has 0 spiro atoms. The van der Waals surface area contributed by atoms with E-state index in [4.69, 9.17) is 0 Å². The van der Waals surface area contributed by atoms with Crippen LogP contribution in [0.5, 0.6) is 0 Å². The van der Waals surface area contributed by atoms with Gasteiger partial charge in [0.05, 0.1) is 5.69 Å². The van der Waals surface area contributed by atoms with Crippen LogP contribution in [0.2, 0.25) is 0 Å². The Balaban J connectivity index is 1.31. The van der Waals surface area contributed by atoms with E-state index in [1.54, 1.807) is 24.3 Å². The lowest BCUT2D eigenvalue weighted by Crippen LogP contribution is -2.56. The zero-order valence-electron chi connectivity index (χ0n) is 16.8. The average Bonchev–Trinajstić information content (AvgIpc) is 2.96. The number of amides is 1. The van der Waals surface area contributed by atoms with Crippen molar-refractivity contribution in [2.45, 2.75) is 58.0 Å². The van der Waals surface area contributed by atoms with E-state index in [9.17, 15) is 14.4 Å². The van der Waals surface area contributed by atoms with Gasteiger partial charge in [-0.15, -0.1) is 0 Å². The molecule has 29 heavy (non-hydrogen) atoms. The molecule has 1 atom stereocenters. The Morgan fingerprint density at radius 1 is 1.10 bits per heavy atom. The van der Waals surface area contributed by atoms with Crippen molar-refractivity contribution >= 4 is 5.91 Å². The predicted octanol–water partition coefficient (Wildman–Crippen LogP) is 2.05. The van der Waals surface area contributed by atoms with Crippen LogP contribution in [-0.4, -0.2) is 26.3 Å². The molecule has 4 bridgehead atoms. The fraction of sp³-hybridized carbons (Fsp3) is 0.591. The van der Waals surface area contributed by atoms with Gasteiger partial charge in [-0.05, 0) is 80.8 Å². The molecule has 0 radical (unpaired) electrons. The Bertz CT molecular complexity index is 997. The summed E-state index contributed by atoms with van der Waals surface area (Å²) in [7, 11) is 0. The molecule has 6 rings (SSSR count). The van der Waals surface area contributed by atoms with Gasteiger partial charge < -0.3 is 5.32 Å². The number of benzene rings is 1. The molecule has 4 saturated carbocycles. The lowest BCUT2D eigenvalue weighted by atomic mass is 9.48. The third-order valence-electron chi connectivity index (χ3n) is 7.57. The second kappa shape index (κ2) is 6.75. The maximum absolute atomic E-state index is 12.7. The van der Waals surface area contributed by atoms with Crippen LogP contribution in [0.1, 0.15) is 45.4 Å². The van der Waals surface area contributed by atoms with Gasteiger partial charge >= 0.3 is 11.4 Å². The van der Waals surface area contributed by atoms with Gasteiger partial charge in [-0.2, -0.15) is 0 Å². The Hall–Kier alpha value is -2.57. The van der Waals surface area contributed by atoms with E-state index in [1.807, 2.05) is 6.07 Å². The summed E-state index contributed by atoms with van der Waals surface area (Å²) in [5.41, 5.74) is -0.344. The SMILES string of the molecule is C[C@H](NC(=O)Cn1c(=O)[nH]n(-c2ccccc2)c1=O)C12CC3CC(CC(C3)C1)C2. The number of hydrogen-bond donors (Lipinski definition) is 2. The highest BCUT2D eigenvalue weighted by atomic mass is 16.2. The summed E-state index contributed by atoms with van der Waals surface area (Å²) < 4.78 is 2.15. The molecule has 1 aromatic heterocycles. The molecule has 2 aromatic rings. The summed E-state index contributed by atoms with van der Waals surface area (Å²) in [5.74, 6) is 2.16. The second-order valence-corrected chi connectivity index (χ2v) is 9.53. The first-order valence-corrected chi connectivity index (χ1v) is 10.7. The number of H-pyrrole nitrogens is 1. The predicted molar refractivity (Wildman–Crippen MR) is 109 cm³/mol. The molecule has 154 valence electrons. The van der Waals surface area contributed by atoms with E-state index in [1.165, 1.54) is 43.2 Å². The van der Waals surface area contributed by atoms with Crippen molar-refractivity contribution in [3.8, 4) is 5.69 Å². The van der Waals surface area contributed by atoms with Crippen molar-refractivity contribution in [1.82, 2.24) is 19.7 Å². The number of rotatable bonds is 5. The van der Waals surface area contributed by atoms with Gasteiger partial charge in [0.1, 0.15) is 6.54 Å².